The van der Waals surface area contributed by atoms with E-state index >= 15 is 0 Å². The summed E-state index contributed by atoms with van der Waals surface area (Å²) in [4.78, 5) is 12.1. The van der Waals surface area contributed by atoms with Crippen LogP contribution in [0.4, 0.5) is 0 Å². The number of ketones is 1. The lowest BCUT2D eigenvalue weighted by Gasteiger charge is -2.51. The van der Waals surface area contributed by atoms with E-state index in [1.165, 1.54) is 0 Å². The number of fused-ring (bicyclic) bond motifs is 1. The highest BCUT2D eigenvalue weighted by Gasteiger charge is 2.72. The fourth-order valence-electron chi connectivity index (χ4n) is 4.89. The number of carbonyl (C=O) groups is 1. The quantitative estimate of drug-likeness (QED) is 0.0593. The molecular formula is C24H31NO22. The van der Waals surface area contributed by atoms with Gasteiger partial charge in [0.25, 0.3) is 17.6 Å². The van der Waals surface area contributed by atoms with Crippen molar-refractivity contribution in [2.24, 2.45) is 0 Å². The summed E-state index contributed by atoms with van der Waals surface area (Å²) in [6.45, 7) is -2.09. The molecule has 0 aliphatic heterocycles. The van der Waals surface area contributed by atoms with Crippen molar-refractivity contribution in [1.82, 2.24) is 4.90 Å². The number of aromatic hydroxyl groups is 7. The summed E-state index contributed by atoms with van der Waals surface area (Å²) in [6, 6.07) is 0. The number of benzene rings is 2. The van der Waals surface area contributed by atoms with Gasteiger partial charge < -0.3 is 106 Å². The van der Waals surface area contributed by atoms with Crippen molar-refractivity contribution in [3.8, 4) is 51.7 Å². The van der Waals surface area contributed by atoms with Crippen LogP contribution in [-0.4, -0.2) is 163 Å². The maximum atomic E-state index is 13.3. The fraction of sp³-hybridized carbons (Fsp3) is 0.458. The van der Waals surface area contributed by atoms with E-state index in [1.54, 1.807) is 0 Å². The van der Waals surface area contributed by atoms with Crippen LogP contribution >= 0.6 is 0 Å². The molecule has 0 saturated heterocycles. The van der Waals surface area contributed by atoms with Gasteiger partial charge in [-0.25, -0.2) is 0 Å². The first-order valence-electron chi connectivity index (χ1n) is 12.5. The van der Waals surface area contributed by atoms with Gasteiger partial charge in [0.15, 0.2) is 34.7 Å². The molecule has 1 aliphatic rings. The summed E-state index contributed by atoms with van der Waals surface area (Å²) in [5.41, 5.74) is -7.40. The van der Waals surface area contributed by atoms with E-state index in [4.69, 9.17) is 9.47 Å². The van der Waals surface area contributed by atoms with Gasteiger partial charge in [0.1, 0.15) is 0 Å². The molecule has 3 rings (SSSR count). The Balaban J connectivity index is 2.20. The third kappa shape index (κ3) is 5.02. The number of rotatable bonds is 11. The second kappa shape index (κ2) is 11.5. The molecule has 1 aliphatic carbocycles. The lowest BCUT2D eigenvalue weighted by molar-refractivity contribution is -0.512. The molecule has 0 heterocycles. The van der Waals surface area contributed by atoms with Gasteiger partial charge in [-0.2, -0.15) is 4.90 Å². The second-order valence-corrected chi connectivity index (χ2v) is 10.3. The minimum atomic E-state index is -5.18. The maximum absolute atomic E-state index is 13.3. The van der Waals surface area contributed by atoms with Crippen LogP contribution in [0.25, 0.3) is 0 Å². The van der Waals surface area contributed by atoms with Gasteiger partial charge in [-0.3, -0.25) is 4.79 Å². The van der Waals surface area contributed by atoms with E-state index in [2.05, 4.69) is 0 Å². The van der Waals surface area contributed by atoms with Crippen LogP contribution in [0.3, 0.4) is 0 Å². The Bertz CT molecular complexity index is 1550. The summed E-state index contributed by atoms with van der Waals surface area (Å²) in [5.74, 6) is -33.8. The van der Waals surface area contributed by atoms with E-state index < -0.39 is 133 Å². The molecule has 0 saturated carbocycles. The molecule has 264 valence electrons. The Hall–Kier alpha value is -4.21. The zero-order valence-corrected chi connectivity index (χ0v) is 23.7. The summed E-state index contributed by atoms with van der Waals surface area (Å²) in [5, 5.41) is 196. The van der Waals surface area contributed by atoms with Crippen molar-refractivity contribution >= 4 is 5.78 Å². The summed E-state index contributed by atoms with van der Waals surface area (Å²) < 4.78 is 9.67. The standard InChI is InChI=1S/C24H31NO22/c1-46-15-10(28)5-3-20(37,17(33)7(5)11(29)16(15)47-2)21(38,39)18(34)22(40,41)24(44,45)25(23(42,43)19(35)36)4-6-8(26)12(30)14(32)13(31)9(6)27/h18-19,26-32,34-45H,3-4H2,1-2H3. The third-order valence-electron chi connectivity index (χ3n) is 7.67. The molecule has 23 nitrogen and oxygen atoms in total. The number of phenols is 7. The lowest BCUT2D eigenvalue weighted by atomic mass is 9.80. The van der Waals surface area contributed by atoms with Gasteiger partial charge in [0, 0.05) is 18.5 Å². The van der Waals surface area contributed by atoms with Crippen molar-refractivity contribution in [3.63, 3.8) is 0 Å². The maximum Gasteiger partial charge on any atom is 0.289 e. The summed E-state index contributed by atoms with van der Waals surface area (Å²) in [7, 11) is 1.87. The van der Waals surface area contributed by atoms with Crippen LogP contribution in [0.2, 0.25) is 0 Å². The van der Waals surface area contributed by atoms with Crippen molar-refractivity contribution in [3.05, 3.63) is 16.7 Å². The zero-order chi connectivity index (χ0) is 36.6. The van der Waals surface area contributed by atoms with Gasteiger partial charge in [0.05, 0.1) is 25.3 Å². The van der Waals surface area contributed by atoms with E-state index in [1.807, 2.05) is 0 Å². The molecule has 19 N–H and O–H groups in total. The third-order valence-corrected chi connectivity index (χ3v) is 7.67. The Morgan fingerprint density at radius 1 is 0.723 bits per heavy atom. The molecule has 2 aromatic rings. The number of Topliss-reactive ketones (excluding diaryl/α,β-unsaturated/α-hetero) is 1. The molecule has 0 spiro atoms. The van der Waals surface area contributed by atoms with E-state index in [0.29, 0.717) is 0 Å². The zero-order valence-electron chi connectivity index (χ0n) is 23.7. The molecule has 2 unspecified atom stereocenters. The molecule has 0 bridgehead atoms. The van der Waals surface area contributed by atoms with Crippen LogP contribution in [0, 0.1) is 0 Å². The highest BCUT2D eigenvalue weighted by atomic mass is 16.7. The fourth-order valence-corrected chi connectivity index (χ4v) is 4.89. The van der Waals surface area contributed by atoms with Crippen molar-refractivity contribution in [2.75, 3.05) is 14.2 Å². The number of ether oxygens (including phenoxy) is 2. The Kier molecular flexibility index (Phi) is 9.11. The van der Waals surface area contributed by atoms with Crippen LogP contribution in [0.1, 0.15) is 21.5 Å². The summed E-state index contributed by atoms with van der Waals surface area (Å²) in [6.07, 6.45) is -9.32. The van der Waals surface area contributed by atoms with Crippen molar-refractivity contribution in [1.29, 1.82) is 0 Å². The number of phenolic OH excluding ortho intramolecular Hbond substituents is 7. The van der Waals surface area contributed by atoms with Gasteiger partial charge in [0.2, 0.25) is 46.6 Å². The predicted octanol–water partition coefficient (Wildman–Crippen LogP) is -7.07. The topological polar surface area (TPSA) is 423 Å². The molecule has 0 amide bonds. The number of methoxy groups -OCH3 is 2. The largest absolute Gasteiger partial charge is 0.504 e. The normalized spacial score (nSPS) is 18.2. The van der Waals surface area contributed by atoms with Crippen LogP contribution < -0.4 is 9.47 Å². The Morgan fingerprint density at radius 3 is 1.57 bits per heavy atom. The first kappa shape index (κ1) is 37.2. The number of aliphatic hydroxyl groups excluding tert-OH is 2. The van der Waals surface area contributed by atoms with E-state index in [0.717, 1.165) is 14.2 Å². The minimum absolute atomic E-state index is 0.663. The number of hydrogen-bond acceptors (Lipinski definition) is 23. The van der Waals surface area contributed by atoms with E-state index in [9.17, 15) is 102 Å². The molecule has 47 heavy (non-hydrogen) atoms. The summed E-state index contributed by atoms with van der Waals surface area (Å²) >= 11 is 0. The number of nitrogens with zero attached hydrogens (tertiary/aromatic N) is 1. The highest BCUT2D eigenvalue weighted by Crippen LogP contribution is 2.55. The first-order valence-corrected chi connectivity index (χ1v) is 12.5. The lowest BCUT2D eigenvalue weighted by Crippen LogP contribution is -2.80. The molecule has 2 atom stereocenters. The van der Waals surface area contributed by atoms with Crippen LogP contribution in [0.15, 0.2) is 0 Å². The molecule has 0 aromatic heterocycles. The first-order chi connectivity index (χ1) is 21.2. The highest BCUT2D eigenvalue weighted by molar-refractivity contribution is 6.11. The second-order valence-electron chi connectivity index (χ2n) is 10.3. The van der Waals surface area contributed by atoms with Crippen molar-refractivity contribution < 1.29 is 111 Å². The smallest absolute Gasteiger partial charge is 0.289 e. The van der Waals surface area contributed by atoms with Gasteiger partial charge in [-0.05, 0) is 0 Å². The van der Waals surface area contributed by atoms with Gasteiger partial charge >= 0.3 is 0 Å². The number of aliphatic hydroxyl groups is 12. The van der Waals surface area contributed by atoms with E-state index in [-0.39, 0.29) is 0 Å². The monoisotopic (exact) mass is 685 g/mol. The average molecular weight is 685 g/mol. The molecular weight excluding hydrogens is 654 g/mol. The molecule has 0 fully saturated rings. The Labute approximate surface area is 259 Å². The predicted molar refractivity (Wildman–Crippen MR) is 139 cm³/mol. The van der Waals surface area contributed by atoms with Crippen LogP contribution in [-0.2, 0) is 13.0 Å². The number of carbonyl (C=O) groups excluding carboxylic acids is 1. The average Bonchev–Trinajstić information content (AvgIpc) is 3.27. The molecule has 2 aromatic carbocycles. The Morgan fingerprint density at radius 2 is 1.15 bits per heavy atom. The van der Waals surface area contributed by atoms with Gasteiger partial charge in [-0.15, -0.1) is 0 Å². The minimum Gasteiger partial charge on any atom is -0.504 e. The molecule has 0 radical (unpaired) electrons. The van der Waals surface area contributed by atoms with Crippen LogP contribution in [0.5, 0.6) is 51.7 Å². The number of hydrogen-bond donors (Lipinski definition) is 19. The van der Waals surface area contributed by atoms with Gasteiger partial charge in [-0.1, -0.05) is 0 Å². The SMILES string of the molecule is COc1c(O)c2c(c(O)c1OC)C(=O)C(O)(C(O)(O)C(O)C(O)(O)C(O)(O)N(Cc1c(O)c(O)c(O)c(O)c1O)C(O)(O)C(O)O)C2. The molecule has 23 heteroatoms. The van der Waals surface area contributed by atoms with Crippen molar-refractivity contribution in [2.45, 2.75) is 54.4 Å².